The molecule has 1 unspecified atom stereocenters. The predicted octanol–water partition coefficient (Wildman–Crippen LogP) is 3.50. The molecule has 1 atom stereocenters. The minimum absolute atomic E-state index is 0.207. The Morgan fingerprint density at radius 2 is 1.74 bits per heavy atom. The van der Waals surface area contributed by atoms with E-state index in [0.717, 1.165) is 0 Å². The van der Waals surface area contributed by atoms with E-state index in [9.17, 15) is 14.7 Å². The van der Waals surface area contributed by atoms with Crippen molar-refractivity contribution < 1.29 is 19.4 Å². The molecule has 1 aliphatic heterocycles. The fraction of sp³-hybridized carbons (Fsp3) is 0.167. The number of carboxylic acid groups (broad SMARTS) is 1. The molecule has 172 valence electrons. The number of likely N-dealkylation sites (tertiary alicyclic amines) is 1. The Balaban J connectivity index is 1.63. The summed E-state index contributed by atoms with van der Waals surface area (Å²) >= 11 is 0. The number of amides is 2. The monoisotopic (exact) mass is 458 g/mol. The van der Waals surface area contributed by atoms with Crippen molar-refractivity contribution in [3.8, 4) is 22.6 Å². The fourth-order valence-electron chi connectivity index (χ4n) is 4.48. The summed E-state index contributed by atoms with van der Waals surface area (Å²) in [6.45, 7) is 0.561. The zero-order valence-corrected chi connectivity index (χ0v) is 18.1. The van der Waals surface area contributed by atoms with E-state index >= 15 is 0 Å². The summed E-state index contributed by atoms with van der Waals surface area (Å²) < 4.78 is 7.58. The zero-order chi connectivity index (χ0) is 23.8. The van der Waals surface area contributed by atoms with E-state index in [1.54, 1.807) is 16.7 Å². The molecule has 10 heteroatoms. The Kier molecular flexibility index (Phi) is 5.25. The first kappa shape index (κ1) is 21.3. The molecule has 2 aromatic carbocycles. The molecule has 2 amide bonds. The first-order valence-corrected chi connectivity index (χ1v) is 10.7. The molecule has 1 fully saturated rings. The number of primary amides is 1. The number of ether oxygens (including phenoxy) is 1. The van der Waals surface area contributed by atoms with E-state index in [0.29, 0.717) is 46.6 Å². The van der Waals surface area contributed by atoms with Gasteiger partial charge in [-0.25, -0.2) is 14.8 Å². The number of nitrogens with two attached hydrogens (primary N) is 2. The van der Waals surface area contributed by atoms with Crippen molar-refractivity contribution in [1.29, 1.82) is 0 Å². The molecule has 0 aliphatic carbocycles. The van der Waals surface area contributed by atoms with Gasteiger partial charge in [0.15, 0.2) is 0 Å². The molecule has 0 spiro atoms. The Morgan fingerprint density at radius 1 is 1.03 bits per heavy atom. The van der Waals surface area contributed by atoms with Crippen LogP contribution in [0.25, 0.3) is 22.2 Å². The van der Waals surface area contributed by atoms with Crippen molar-refractivity contribution in [2.45, 2.75) is 12.5 Å². The summed E-state index contributed by atoms with van der Waals surface area (Å²) in [6, 6.07) is 16.3. The maximum atomic E-state index is 12.7. The minimum Gasteiger partial charge on any atom is -0.465 e. The van der Waals surface area contributed by atoms with Gasteiger partial charge < -0.3 is 30.8 Å². The van der Waals surface area contributed by atoms with Gasteiger partial charge in [-0.2, -0.15) is 0 Å². The van der Waals surface area contributed by atoms with Crippen LogP contribution in [-0.4, -0.2) is 49.6 Å². The van der Waals surface area contributed by atoms with Gasteiger partial charge in [0.05, 0.1) is 11.4 Å². The van der Waals surface area contributed by atoms with E-state index in [1.165, 1.54) is 11.2 Å². The van der Waals surface area contributed by atoms with Crippen LogP contribution in [0.1, 0.15) is 23.0 Å². The maximum absolute atomic E-state index is 12.7. The highest BCUT2D eigenvalue weighted by Gasteiger charge is 2.34. The van der Waals surface area contributed by atoms with Crippen molar-refractivity contribution in [2.24, 2.45) is 5.73 Å². The largest absolute Gasteiger partial charge is 0.465 e. The molecule has 4 aromatic rings. The lowest BCUT2D eigenvalue weighted by Crippen LogP contribution is -2.28. The smallest absolute Gasteiger partial charge is 0.407 e. The van der Waals surface area contributed by atoms with Gasteiger partial charge in [0.2, 0.25) is 0 Å². The molecule has 1 saturated heterocycles. The van der Waals surface area contributed by atoms with Crippen LogP contribution in [0, 0.1) is 0 Å². The molecule has 0 bridgehead atoms. The van der Waals surface area contributed by atoms with Gasteiger partial charge >= 0.3 is 6.09 Å². The van der Waals surface area contributed by atoms with Crippen LogP contribution in [-0.2, 0) is 0 Å². The van der Waals surface area contributed by atoms with E-state index < -0.39 is 12.0 Å². The van der Waals surface area contributed by atoms with Gasteiger partial charge in [-0.15, -0.1) is 0 Å². The quantitative estimate of drug-likeness (QED) is 0.414. The Hall–Kier alpha value is -4.60. The van der Waals surface area contributed by atoms with Gasteiger partial charge in [0.1, 0.15) is 35.0 Å². The van der Waals surface area contributed by atoms with Crippen molar-refractivity contribution in [2.75, 3.05) is 18.8 Å². The number of nitrogen functional groups attached to an aromatic ring is 1. The van der Waals surface area contributed by atoms with Crippen LogP contribution in [0.2, 0.25) is 0 Å². The molecular weight excluding hydrogens is 436 g/mol. The molecule has 5 N–H and O–H groups in total. The third-order valence-corrected chi connectivity index (χ3v) is 5.97. The summed E-state index contributed by atoms with van der Waals surface area (Å²) in [5, 5.41) is 9.90. The second-order valence-electron chi connectivity index (χ2n) is 8.03. The molecule has 3 heterocycles. The number of aromatic nitrogens is 3. The molecule has 1 aliphatic rings. The van der Waals surface area contributed by atoms with Crippen LogP contribution in [0.4, 0.5) is 10.6 Å². The summed E-state index contributed by atoms with van der Waals surface area (Å²) in [7, 11) is 0. The molecule has 0 radical (unpaired) electrons. The topological polar surface area (TPSA) is 150 Å². The van der Waals surface area contributed by atoms with Gasteiger partial charge in [0.25, 0.3) is 5.91 Å². The van der Waals surface area contributed by atoms with Crippen LogP contribution < -0.4 is 16.2 Å². The van der Waals surface area contributed by atoms with Crippen molar-refractivity contribution in [3.05, 3.63) is 66.6 Å². The van der Waals surface area contributed by atoms with E-state index in [-0.39, 0.29) is 24.1 Å². The van der Waals surface area contributed by atoms with E-state index in [2.05, 4.69) is 9.97 Å². The van der Waals surface area contributed by atoms with Crippen LogP contribution in [0.15, 0.2) is 60.9 Å². The highest BCUT2D eigenvalue weighted by atomic mass is 16.5. The number of carbonyl (C=O) groups excluding carboxylic acids is 1. The molecule has 10 nitrogen and oxygen atoms in total. The third kappa shape index (κ3) is 3.64. The molecular formula is C24H22N6O4. The lowest BCUT2D eigenvalue weighted by molar-refractivity contribution is 0.0990. The second kappa shape index (κ2) is 8.39. The Bertz CT molecular complexity index is 1380. The summed E-state index contributed by atoms with van der Waals surface area (Å²) in [6.07, 6.45) is 0.829. The molecule has 2 aromatic heterocycles. The predicted molar refractivity (Wildman–Crippen MR) is 126 cm³/mol. The van der Waals surface area contributed by atoms with Crippen molar-refractivity contribution in [1.82, 2.24) is 19.4 Å². The van der Waals surface area contributed by atoms with Crippen molar-refractivity contribution >= 4 is 28.9 Å². The molecule has 0 saturated carbocycles. The number of carbonyl (C=O) groups is 2. The molecule has 34 heavy (non-hydrogen) atoms. The van der Waals surface area contributed by atoms with Gasteiger partial charge in [-0.1, -0.05) is 30.3 Å². The average molecular weight is 458 g/mol. The van der Waals surface area contributed by atoms with Crippen LogP contribution in [0.5, 0.6) is 11.5 Å². The first-order valence-electron chi connectivity index (χ1n) is 10.7. The zero-order valence-electron chi connectivity index (χ0n) is 18.1. The summed E-state index contributed by atoms with van der Waals surface area (Å²) in [5.41, 5.74) is 14.0. The molecule has 5 rings (SSSR count). The first-order chi connectivity index (χ1) is 16.4. The van der Waals surface area contributed by atoms with Crippen LogP contribution in [0.3, 0.4) is 0 Å². The highest BCUT2D eigenvalue weighted by Crippen LogP contribution is 2.40. The normalized spacial score (nSPS) is 15.5. The second-order valence-corrected chi connectivity index (χ2v) is 8.03. The lowest BCUT2D eigenvalue weighted by Gasteiger charge is -2.17. The number of rotatable bonds is 5. The lowest BCUT2D eigenvalue weighted by atomic mass is 10.0. The maximum Gasteiger partial charge on any atom is 0.407 e. The average Bonchev–Trinajstić information content (AvgIpc) is 3.44. The fourth-order valence-corrected chi connectivity index (χ4v) is 4.48. The summed E-state index contributed by atoms with van der Waals surface area (Å²) in [5.74, 6) is 0.868. The number of hydrogen-bond acceptors (Lipinski definition) is 6. The Morgan fingerprint density at radius 3 is 2.38 bits per heavy atom. The van der Waals surface area contributed by atoms with Crippen molar-refractivity contribution in [3.63, 3.8) is 0 Å². The SMILES string of the molecule is NC(=O)c1c(-c2ccc(Oc3ccccc3)cc2)c2c(N)ncnc2n1C1CCN(C(=O)O)C1. The number of anilines is 1. The minimum atomic E-state index is -1.01. The number of nitrogens with zero attached hydrogens (tertiary/aromatic N) is 4. The number of benzene rings is 2. The Labute approximate surface area is 194 Å². The van der Waals surface area contributed by atoms with Gasteiger partial charge in [-0.3, -0.25) is 4.79 Å². The number of para-hydroxylation sites is 1. The van der Waals surface area contributed by atoms with E-state index in [4.69, 9.17) is 16.2 Å². The van der Waals surface area contributed by atoms with Crippen LogP contribution >= 0.6 is 0 Å². The number of fused-ring (bicyclic) bond motifs is 1. The standard InChI is InChI=1S/C24H22N6O4/c25-21-19-18(14-6-8-17(9-7-14)34-16-4-2-1-3-5-16)20(22(26)31)30(23(19)28-13-27-21)15-10-11-29(12-15)24(32)33/h1-9,13,15H,10-12H2,(H2,26,31)(H,32,33)(H2,25,27,28). The third-order valence-electron chi connectivity index (χ3n) is 5.97. The number of hydrogen-bond donors (Lipinski definition) is 3. The van der Waals surface area contributed by atoms with E-state index in [1.807, 2.05) is 42.5 Å². The highest BCUT2D eigenvalue weighted by molar-refractivity contribution is 6.12. The van der Waals surface area contributed by atoms with Gasteiger partial charge in [-0.05, 0) is 36.2 Å². The summed E-state index contributed by atoms with van der Waals surface area (Å²) in [4.78, 5) is 34.0. The van der Waals surface area contributed by atoms with Gasteiger partial charge in [0, 0.05) is 18.7 Å².